The molecule has 0 aliphatic carbocycles. The molecule has 0 radical (unpaired) electrons. The molecule has 0 atom stereocenters. The highest BCUT2D eigenvalue weighted by Crippen LogP contribution is 2.41. The molecule has 0 N–H and O–H groups in total. The van der Waals surface area contributed by atoms with E-state index in [4.69, 9.17) is 10.5 Å². The highest BCUT2D eigenvalue weighted by atomic mass is 32.2. The van der Waals surface area contributed by atoms with Gasteiger partial charge in [0.25, 0.3) is 0 Å². The standard InChI is InChI=1S/C26H14N2S4/c27-15-18(16-28)5-3-4-17-8-9-21-22(14-17)24(26-31-12-13-32-26)20-7-2-1-6-19(20)23(21)25-29-10-11-30-25/h1-14H/b4-3+. The lowest BCUT2D eigenvalue weighted by Crippen LogP contribution is -2.16. The van der Waals surface area contributed by atoms with Gasteiger partial charge in [-0.05, 0) is 60.9 Å². The Morgan fingerprint density at radius 1 is 0.688 bits per heavy atom. The third-order valence-corrected chi connectivity index (χ3v) is 9.32. The Kier molecular flexibility index (Phi) is 6.21. The van der Waals surface area contributed by atoms with E-state index in [1.165, 1.54) is 40.5 Å². The maximum Gasteiger partial charge on any atom is 0.129 e. The zero-order valence-electron chi connectivity index (χ0n) is 16.6. The highest BCUT2D eigenvalue weighted by molar-refractivity contribution is 8.35. The molecule has 0 fully saturated rings. The number of rotatable bonds is 2. The lowest BCUT2D eigenvalue weighted by molar-refractivity contribution is 1.46. The Labute approximate surface area is 202 Å². The number of hydrogen-bond acceptors (Lipinski definition) is 6. The predicted octanol–water partition coefficient (Wildman–Crippen LogP) is 7.01. The summed E-state index contributed by atoms with van der Waals surface area (Å²) in [6.45, 7) is 0. The summed E-state index contributed by atoms with van der Waals surface area (Å²) < 4.78 is 2.58. The minimum Gasteiger partial charge on any atom is -0.192 e. The molecule has 5 rings (SSSR count). The molecule has 2 aliphatic heterocycles. The van der Waals surface area contributed by atoms with Crippen LogP contribution in [0.1, 0.15) is 5.56 Å². The van der Waals surface area contributed by atoms with Crippen LogP contribution in [0.4, 0.5) is 0 Å². The van der Waals surface area contributed by atoms with Gasteiger partial charge in [-0.3, -0.25) is 0 Å². The second-order valence-corrected chi connectivity index (χ2v) is 11.0. The smallest absolute Gasteiger partial charge is 0.129 e. The molecule has 2 aliphatic rings. The van der Waals surface area contributed by atoms with Gasteiger partial charge in [0.1, 0.15) is 17.7 Å². The fourth-order valence-corrected chi connectivity index (χ4v) is 7.59. The lowest BCUT2D eigenvalue weighted by Gasteiger charge is -2.11. The Morgan fingerprint density at radius 2 is 1.22 bits per heavy atom. The maximum atomic E-state index is 8.96. The summed E-state index contributed by atoms with van der Waals surface area (Å²) >= 11 is 7.09. The molecule has 2 heterocycles. The van der Waals surface area contributed by atoms with Crippen molar-refractivity contribution in [1.82, 2.24) is 0 Å². The van der Waals surface area contributed by atoms with E-state index in [0.29, 0.717) is 0 Å². The molecule has 0 saturated carbocycles. The SMILES string of the molecule is N#CC(C#N)=C/C=C/c1ccc2c(=C3SC=CS3)c3ccccc3c(=C3SC=CS3)c2c1. The predicted molar refractivity (Wildman–Crippen MR) is 145 cm³/mol. The monoisotopic (exact) mass is 482 g/mol. The molecule has 0 unspecified atom stereocenters. The van der Waals surface area contributed by atoms with Gasteiger partial charge in [0, 0.05) is 10.4 Å². The first kappa shape index (κ1) is 21.1. The van der Waals surface area contributed by atoms with Gasteiger partial charge in [-0.2, -0.15) is 10.5 Å². The van der Waals surface area contributed by atoms with Crippen LogP contribution in [0.25, 0.3) is 36.1 Å². The summed E-state index contributed by atoms with van der Waals surface area (Å²) in [5.74, 6) is 0. The van der Waals surface area contributed by atoms with Crippen LogP contribution in [-0.4, -0.2) is 0 Å². The van der Waals surface area contributed by atoms with Gasteiger partial charge in [-0.1, -0.05) is 95.6 Å². The summed E-state index contributed by atoms with van der Waals surface area (Å²) in [7, 11) is 0. The van der Waals surface area contributed by atoms with Crippen LogP contribution in [0.15, 0.2) is 81.8 Å². The number of nitriles is 2. The Bertz CT molecular complexity index is 1560. The first-order chi connectivity index (χ1) is 15.8. The maximum absolute atomic E-state index is 8.96. The fraction of sp³-hybridized carbons (Fsp3) is 0. The number of hydrogen-bond donors (Lipinski definition) is 0. The van der Waals surface area contributed by atoms with Crippen molar-refractivity contribution in [1.29, 1.82) is 10.5 Å². The quantitative estimate of drug-likeness (QED) is 0.222. The second-order valence-electron chi connectivity index (χ2n) is 6.85. The molecular formula is C26H14N2S4. The number of allylic oxidation sites excluding steroid dienone is 3. The van der Waals surface area contributed by atoms with E-state index in [1.54, 1.807) is 59.2 Å². The van der Waals surface area contributed by atoms with Gasteiger partial charge in [0.2, 0.25) is 0 Å². The van der Waals surface area contributed by atoms with Crippen LogP contribution < -0.4 is 10.4 Å². The summed E-state index contributed by atoms with van der Waals surface area (Å²) in [6.07, 6.45) is 5.25. The largest absolute Gasteiger partial charge is 0.192 e. The van der Waals surface area contributed by atoms with E-state index < -0.39 is 0 Å². The summed E-state index contributed by atoms with van der Waals surface area (Å²) in [5, 5.41) is 34.0. The van der Waals surface area contributed by atoms with Crippen LogP contribution in [0, 0.1) is 22.7 Å². The molecule has 0 amide bonds. The first-order valence-electron chi connectivity index (χ1n) is 9.68. The Morgan fingerprint density at radius 3 is 1.78 bits per heavy atom. The minimum atomic E-state index is 0.0931. The normalized spacial score (nSPS) is 15.1. The van der Waals surface area contributed by atoms with Gasteiger partial charge in [0.05, 0.1) is 8.47 Å². The molecule has 32 heavy (non-hydrogen) atoms. The van der Waals surface area contributed by atoms with E-state index in [2.05, 4.69) is 64.1 Å². The first-order valence-corrected chi connectivity index (χ1v) is 13.2. The molecule has 2 nitrogen and oxygen atoms in total. The molecule has 6 heteroatoms. The van der Waals surface area contributed by atoms with Crippen LogP contribution in [-0.2, 0) is 0 Å². The molecule has 0 saturated heterocycles. The number of fused-ring (bicyclic) bond motifs is 2. The van der Waals surface area contributed by atoms with E-state index >= 15 is 0 Å². The number of nitrogens with zero attached hydrogens (tertiary/aromatic N) is 2. The summed E-state index contributed by atoms with van der Waals surface area (Å²) in [4.78, 5) is 0. The number of benzene rings is 3. The molecule has 0 spiro atoms. The van der Waals surface area contributed by atoms with Gasteiger partial charge >= 0.3 is 0 Å². The van der Waals surface area contributed by atoms with Crippen molar-refractivity contribution in [3.8, 4) is 12.1 Å². The summed E-state index contributed by atoms with van der Waals surface area (Å²) in [5.41, 5.74) is 1.12. The second kappa shape index (κ2) is 9.40. The van der Waals surface area contributed by atoms with Crippen LogP contribution in [0.2, 0.25) is 0 Å². The van der Waals surface area contributed by atoms with Crippen molar-refractivity contribution in [3.05, 3.63) is 97.8 Å². The molecule has 3 aromatic rings. The average molecular weight is 483 g/mol. The van der Waals surface area contributed by atoms with E-state index in [1.807, 2.05) is 18.2 Å². The topological polar surface area (TPSA) is 47.6 Å². The van der Waals surface area contributed by atoms with E-state index in [0.717, 1.165) is 5.56 Å². The van der Waals surface area contributed by atoms with Crippen molar-refractivity contribution < 1.29 is 0 Å². The number of thioether (sulfide) groups is 4. The van der Waals surface area contributed by atoms with Gasteiger partial charge in [0.15, 0.2) is 0 Å². The Hall–Kier alpha value is -2.74. The average Bonchev–Trinajstić information content (AvgIpc) is 3.55. The van der Waals surface area contributed by atoms with Crippen molar-refractivity contribution in [3.63, 3.8) is 0 Å². The van der Waals surface area contributed by atoms with E-state index in [-0.39, 0.29) is 5.57 Å². The third-order valence-electron chi connectivity index (χ3n) is 5.06. The molecule has 152 valence electrons. The molecule has 3 aromatic carbocycles. The lowest BCUT2D eigenvalue weighted by atomic mass is 9.97. The van der Waals surface area contributed by atoms with Crippen molar-refractivity contribution in [2.75, 3.05) is 0 Å². The third kappa shape index (κ3) is 3.92. The van der Waals surface area contributed by atoms with Crippen LogP contribution in [0.5, 0.6) is 0 Å². The van der Waals surface area contributed by atoms with Gasteiger partial charge < -0.3 is 0 Å². The van der Waals surface area contributed by atoms with Crippen molar-refractivity contribution in [2.45, 2.75) is 0 Å². The highest BCUT2D eigenvalue weighted by Gasteiger charge is 2.15. The molecular weight excluding hydrogens is 469 g/mol. The van der Waals surface area contributed by atoms with Crippen molar-refractivity contribution >= 4 is 83.1 Å². The van der Waals surface area contributed by atoms with Gasteiger partial charge in [-0.25, -0.2) is 0 Å². The van der Waals surface area contributed by atoms with Crippen LogP contribution in [0.3, 0.4) is 0 Å². The minimum absolute atomic E-state index is 0.0931. The molecule has 0 aromatic heterocycles. The zero-order chi connectivity index (χ0) is 21.9. The zero-order valence-corrected chi connectivity index (χ0v) is 19.9. The van der Waals surface area contributed by atoms with Crippen LogP contribution >= 0.6 is 47.0 Å². The molecule has 0 bridgehead atoms. The van der Waals surface area contributed by atoms with E-state index in [9.17, 15) is 0 Å². The Balaban J connectivity index is 1.87. The fourth-order valence-electron chi connectivity index (χ4n) is 3.74. The summed E-state index contributed by atoms with van der Waals surface area (Å²) in [6, 6.07) is 19.0. The van der Waals surface area contributed by atoms with Crippen molar-refractivity contribution in [2.24, 2.45) is 0 Å². The van der Waals surface area contributed by atoms with Gasteiger partial charge in [-0.15, -0.1) is 0 Å².